The van der Waals surface area contributed by atoms with E-state index < -0.39 is 0 Å². The molecule has 1 amide bonds. The molecule has 0 bridgehead atoms. The average Bonchev–Trinajstić information content (AvgIpc) is 3.01. The van der Waals surface area contributed by atoms with Crippen LogP contribution in [-0.4, -0.2) is 68.8 Å². The standard InChI is InChI=1S/C20H30N6O2/c1-5-25-18(22-26(20(25)28)10-9-23(3)4)16-7-6-8-24(14-16)19(27)17-11-15(2)12-21-13-17/h11-13,16H,5-10,14H2,1-4H3. The van der Waals surface area contributed by atoms with E-state index in [2.05, 4.69) is 10.1 Å². The molecule has 1 fully saturated rings. The molecule has 0 saturated carbocycles. The molecule has 0 aliphatic carbocycles. The van der Waals surface area contributed by atoms with E-state index in [-0.39, 0.29) is 17.5 Å². The lowest BCUT2D eigenvalue weighted by atomic mass is 9.96. The van der Waals surface area contributed by atoms with Gasteiger partial charge in [-0.25, -0.2) is 9.48 Å². The summed E-state index contributed by atoms with van der Waals surface area (Å²) < 4.78 is 3.31. The fraction of sp³-hybridized carbons (Fsp3) is 0.600. The van der Waals surface area contributed by atoms with Crippen LogP contribution in [-0.2, 0) is 13.1 Å². The van der Waals surface area contributed by atoms with Crippen LogP contribution in [0.5, 0.6) is 0 Å². The SMILES string of the molecule is CCn1c(C2CCCN(C(=O)c3cncc(C)c3)C2)nn(CCN(C)C)c1=O. The van der Waals surface area contributed by atoms with Crippen LogP contribution in [0.3, 0.4) is 0 Å². The van der Waals surface area contributed by atoms with E-state index in [4.69, 9.17) is 0 Å². The van der Waals surface area contributed by atoms with Gasteiger partial charge < -0.3 is 9.80 Å². The van der Waals surface area contributed by atoms with Gasteiger partial charge in [-0.15, -0.1) is 0 Å². The van der Waals surface area contributed by atoms with Crippen LogP contribution in [0.1, 0.15) is 47.4 Å². The van der Waals surface area contributed by atoms with Crippen molar-refractivity contribution < 1.29 is 4.79 Å². The van der Waals surface area contributed by atoms with Crippen molar-refractivity contribution in [3.63, 3.8) is 0 Å². The Balaban J connectivity index is 1.81. The highest BCUT2D eigenvalue weighted by molar-refractivity contribution is 5.94. The number of piperidine rings is 1. The Morgan fingerprint density at radius 3 is 2.79 bits per heavy atom. The second-order valence-electron chi connectivity index (χ2n) is 7.75. The molecule has 8 heteroatoms. The van der Waals surface area contributed by atoms with Gasteiger partial charge in [-0.2, -0.15) is 5.10 Å². The number of nitrogens with zero attached hydrogens (tertiary/aromatic N) is 6. The molecule has 1 atom stereocenters. The summed E-state index contributed by atoms with van der Waals surface area (Å²) in [6.07, 6.45) is 5.20. The number of amides is 1. The molecule has 1 unspecified atom stereocenters. The zero-order chi connectivity index (χ0) is 20.3. The van der Waals surface area contributed by atoms with Crippen molar-refractivity contribution in [2.75, 3.05) is 33.7 Å². The molecule has 0 radical (unpaired) electrons. The Labute approximate surface area is 165 Å². The molecule has 3 heterocycles. The number of carbonyl (C=O) groups is 1. The van der Waals surface area contributed by atoms with Gasteiger partial charge in [0.2, 0.25) is 0 Å². The summed E-state index contributed by atoms with van der Waals surface area (Å²) in [7, 11) is 3.96. The van der Waals surface area contributed by atoms with E-state index in [1.54, 1.807) is 21.6 Å². The van der Waals surface area contributed by atoms with Crippen LogP contribution in [0.25, 0.3) is 0 Å². The minimum atomic E-state index is -0.0642. The monoisotopic (exact) mass is 386 g/mol. The molecule has 1 aliphatic heterocycles. The molecule has 2 aromatic rings. The second-order valence-corrected chi connectivity index (χ2v) is 7.75. The minimum Gasteiger partial charge on any atom is -0.338 e. The lowest BCUT2D eigenvalue weighted by molar-refractivity contribution is 0.0702. The molecule has 3 rings (SSSR count). The Morgan fingerprint density at radius 1 is 1.32 bits per heavy atom. The van der Waals surface area contributed by atoms with E-state index in [0.29, 0.717) is 25.2 Å². The van der Waals surface area contributed by atoms with Crippen molar-refractivity contribution in [3.8, 4) is 0 Å². The van der Waals surface area contributed by atoms with Gasteiger partial charge in [0.25, 0.3) is 5.91 Å². The van der Waals surface area contributed by atoms with Crippen LogP contribution >= 0.6 is 0 Å². The van der Waals surface area contributed by atoms with Crippen LogP contribution in [0.15, 0.2) is 23.3 Å². The van der Waals surface area contributed by atoms with E-state index in [1.807, 2.05) is 43.8 Å². The molecule has 0 spiro atoms. The maximum atomic E-state index is 12.9. The van der Waals surface area contributed by atoms with Gasteiger partial charge in [0.15, 0.2) is 0 Å². The molecule has 152 valence electrons. The number of hydrogen-bond donors (Lipinski definition) is 0. The number of pyridine rings is 1. The van der Waals surface area contributed by atoms with Gasteiger partial charge in [0, 0.05) is 44.5 Å². The molecule has 2 aromatic heterocycles. The number of hydrogen-bond acceptors (Lipinski definition) is 5. The zero-order valence-corrected chi connectivity index (χ0v) is 17.3. The highest BCUT2D eigenvalue weighted by Gasteiger charge is 2.29. The second kappa shape index (κ2) is 8.68. The smallest absolute Gasteiger partial charge is 0.338 e. The van der Waals surface area contributed by atoms with Gasteiger partial charge in [-0.05, 0) is 52.4 Å². The summed E-state index contributed by atoms with van der Waals surface area (Å²) in [5.41, 5.74) is 1.52. The zero-order valence-electron chi connectivity index (χ0n) is 17.3. The lowest BCUT2D eigenvalue weighted by Gasteiger charge is -2.32. The van der Waals surface area contributed by atoms with Crippen molar-refractivity contribution in [1.82, 2.24) is 29.1 Å². The van der Waals surface area contributed by atoms with E-state index in [1.165, 1.54) is 0 Å². The third-order valence-corrected chi connectivity index (χ3v) is 5.22. The summed E-state index contributed by atoms with van der Waals surface area (Å²) >= 11 is 0. The molecule has 0 N–H and O–H groups in total. The number of likely N-dealkylation sites (tertiary alicyclic amines) is 1. The number of aryl methyl sites for hydroxylation is 1. The Hall–Kier alpha value is -2.48. The predicted octanol–water partition coefficient (Wildman–Crippen LogP) is 1.35. The summed E-state index contributed by atoms with van der Waals surface area (Å²) in [5.74, 6) is 0.869. The first-order valence-corrected chi connectivity index (χ1v) is 9.94. The first-order valence-electron chi connectivity index (χ1n) is 9.94. The molecule has 1 saturated heterocycles. The summed E-state index contributed by atoms with van der Waals surface area (Å²) in [6.45, 7) is 7.11. The molecule has 8 nitrogen and oxygen atoms in total. The third kappa shape index (κ3) is 4.32. The van der Waals surface area contributed by atoms with Crippen LogP contribution in [0.2, 0.25) is 0 Å². The molecular weight excluding hydrogens is 356 g/mol. The highest BCUT2D eigenvalue weighted by atomic mass is 16.2. The lowest BCUT2D eigenvalue weighted by Crippen LogP contribution is -2.40. The van der Waals surface area contributed by atoms with Crippen molar-refractivity contribution in [2.45, 2.75) is 45.7 Å². The Morgan fingerprint density at radius 2 is 2.11 bits per heavy atom. The molecule has 1 aliphatic rings. The third-order valence-electron chi connectivity index (χ3n) is 5.22. The van der Waals surface area contributed by atoms with Crippen molar-refractivity contribution in [3.05, 3.63) is 45.9 Å². The molecule has 0 aromatic carbocycles. The van der Waals surface area contributed by atoms with Gasteiger partial charge in [-0.1, -0.05) is 0 Å². The number of aromatic nitrogens is 4. The Bertz CT molecular complexity index is 885. The normalized spacial score (nSPS) is 17.3. The average molecular weight is 387 g/mol. The largest absolute Gasteiger partial charge is 0.345 e. The first kappa shape index (κ1) is 20.3. The maximum Gasteiger partial charge on any atom is 0.345 e. The quantitative estimate of drug-likeness (QED) is 0.749. The first-order chi connectivity index (χ1) is 13.4. The number of carbonyl (C=O) groups excluding carboxylic acids is 1. The van der Waals surface area contributed by atoms with E-state index in [0.717, 1.165) is 37.3 Å². The summed E-state index contributed by atoms with van der Waals surface area (Å²) in [4.78, 5) is 33.7. The van der Waals surface area contributed by atoms with Crippen molar-refractivity contribution in [1.29, 1.82) is 0 Å². The maximum absolute atomic E-state index is 12.9. The van der Waals surface area contributed by atoms with Crippen molar-refractivity contribution in [2.24, 2.45) is 0 Å². The minimum absolute atomic E-state index is 0.00154. The molecule has 28 heavy (non-hydrogen) atoms. The Kier molecular flexibility index (Phi) is 6.28. The van der Waals surface area contributed by atoms with E-state index >= 15 is 0 Å². The fourth-order valence-electron chi connectivity index (χ4n) is 3.72. The van der Waals surface area contributed by atoms with Crippen LogP contribution < -0.4 is 5.69 Å². The van der Waals surface area contributed by atoms with Gasteiger partial charge in [-0.3, -0.25) is 14.3 Å². The highest BCUT2D eigenvalue weighted by Crippen LogP contribution is 2.26. The fourth-order valence-corrected chi connectivity index (χ4v) is 3.72. The number of rotatable bonds is 6. The van der Waals surface area contributed by atoms with Gasteiger partial charge in [0.1, 0.15) is 5.82 Å². The topological polar surface area (TPSA) is 76.3 Å². The van der Waals surface area contributed by atoms with Gasteiger partial charge in [0.05, 0.1) is 12.1 Å². The van der Waals surface area contributed by atoms with E-state index in [9.17, 15) is 9.59 Å². The van der Waals surface area contributed by atoms with Crippen molar-refractivity contribution >= 4 is 5.91 Å². The summed E-state index contributed by atoms with van der Waals surface area (Å²) in [6, 6.07) is 1.87. The summed E-state index contributed by atoms with van der Waals surface area (Å²) in [5, 5.41) is 4.65. The predicted molar refractivity (Wildman–Crippen MR) is 108 cm³/mol. The molecular formula is C20H30N6O2. The van der Waals surface area contributed by atoms with Crippen LogP contribution in [0.4, 0.5) is 0 Å². The number of likely N-dealkylation sites (N-methyl/N-ethyl adjacent to an activating group) is 1. The van der Waals surface area contributed by atoms with Crippen LogP contribution in [0, 0.1) is 6.92 Å². The van der Waals surface area contributed by atoms with Gasteiger partial charge >= 0.3 is 5.69 Å².